The first kappa shape index (κ1) is 61.1. The lowest BCUT2D eigenvalue weighted by Gasteiger charge is -2.18. The van der Waals surface area contributed by atoms with E-state index in [2.05, 4.69) is 32.9 Å². The maximum atomic E-state index is 12.8. The average Bonchev–Trinajstić information content (AvgIpc) is 3.28. The van der Waals surface area contributed by atoms with Crippen LogP contribution in [-0.4, -0.2) is 37.2 Å². The molecule has 0 aliphatic carbocycles. The van der Waals surface area contributed by atoms with Crippen LogP contribution in [0.4, 0.5) is 0 Å². The summed E-state index contributed by atoms with van der Waals surface area (Å²) in [6, 6.07) is 0. The summed E-state index contributed by atoms with van der Waals surface area (Å²) >= 11 is 0. The molecule has 0 saturated carbocycles. The molecule has 0 saturated heterocycles. The highest BCUT2D eigenvalue weighted by Crippen LogP contribution is 2.17. The molecular weight excluding hydrogens is 781 g/mol. The fraction of sp³-hybridized carbons (Fsp3) is 0.912. The molecule has 0 aliphatic heterocycles. The Labute approximate surface area is 392 Å². The van der Waals surface area contributed by atoms with Crippen LogP contribution in [0.5, 0.6) is 0 Å². The van der Waals surface area contributed by atoms with Gasteiger partial charge in [-0.15, -0.1) is 0 Å². The van der Waals surface area contributed by atoms with Crippen LogP contribution in [-0.2, 0) is 28.6 Å². The second-order valence-electron chi connectivity index (χ2n) is 19.2. The molecule has 0 rings (SSSR count). The van der Waals surface area contributed by atoms with E-state index in [1.165, 1.54) is 218 Å². The standard InChI is InChI=1S/C57H108O6/c1-4-7-10-13-16-19-22-25-27-28-29-30-31-33-35-38-41-44-47-50-56(59)62-53-54(52-61-55(58)49-46-43-40-37-34-24-21-18-15-12-9-6-3)63-57(60)51-48-45-42-39-36-32-26-23-20-17-14-11-8-5-2/h25,27,54H,4-24,26,28-53H2,1-3H3/b27-25-. The van der Waals surface area contributed by atoms with Crippen LogP contribution in [0.3, 0.4) is 0 Å². The number of unbranched alkanes of at least 4 members (excludes halogenated alkanes) is 39. The lowest BCUT2D eigenvalue weighted by molar-refractivity contribution is -0.167. The van der Waals surface area contributed by atoms with Gasteiger partial charge in [0.25, 0.3) is 0 Å². The number of allylic oxidation sites excluding steroid dienone is 2. The smallest absolute Gasteiger partial charge is 0.306 e. The van der Waals surface area contributed by atoms with Gasteiger partial charge >= 0.3 is 17.9 Å². The second kappa shape index (κ2) is 52.8. The highest BCUT2D eigenvalue weighted by molar-refractivity contribution is 5.71. The summed E-state index contributed by atoms with van der Waals surface area (Å²) in [5.74, 6) is -0.845. The van der Waals surface area contributed by atoms with E-state index >= 15 is 0 Å². The van der Waals surface area contributed by atoms with E-state index < -0.39 is 6.10 Å². The number of ether oxygens (including phenoxy) is 3. The molecule has 0 N–H and O–H groups in total. The van der Waals surface area contributed by atoms with Gasteiger partial charge < -0.3 is 14.2 Å². The summed E-state index contributed by atoms with van der Waals surface area (Å²) in [5.41, 5.74) is 0. The van der Waals surface area contributed by atoms with Crippen molar-refractivity contribution in [1.29, 1.82) is 0 Å². The zero-order valence-corrected chi connectivity index (χ0v) is 42.6. The third-order valence-electron chi connectivity index (χ3n) is 12.8. The highest BCUT2D eigenvalue weighted by Gasteiger charge is 2.19. The van der Waals surface area contributed by atoms with Crippen molar-refractivity contribution in [3.63, 3.8) is 0 Å². The molecule has 0 aromatic rings. The molecular formula is C57H108O6. The lowest BCUT2D eigenvalue weighted by Crippen LogP contribution is -2.30. The molecule has 0 bridgehead atoms. The molecule has 0 fully saturated rings. The van der Waals surface area contributed by atoms with Crippen molar-refractivity contribution in [1.82, 2.24) is 0 Å². The first-order valence-corrected chi connectivity index (χ1v) is 28.2. The largest absolute Gasteiger partial charge is 0.462 e. The predicted octanol–water partition coefficient (Wildman–Crippen LogP) is 18.5. The maximum Gasteiger partial charge on any atom is 0.306 e. The normalized spacial score (nSPS) is 12.0. The molecule has 0 aromatic carbocycles. The Morgan fingerprint density at radius 1 is 0.302 bits per heavy atom. The van der Waals surface area contributed by atoms with Crippen LogP contribution in [0.15, 0.2) is 12.2 Å². The van der Waals surface area contributed by atoms with E-state index in [-0.39, 0.29) is 31.1 Å². The average molecular weight is 889 g/mol. The van der Waals surface area contributed by atoms with Gasteiger partial charge in [0.1, 0.15) is 13.2 Å². The van der Waals surface area contributed by atoms with Gasteiger partial charge in [0.2, 0.25) is 0 Å². The van der Waals surface area contributed by atoms with Crippen molar-refractivity contribution >= 4 is 17.9 Å². The Morgan fingerprint density at radius 3 is 0.794 bits per heavy atom. The minimum Gasteiger partial charge on any atom is -0.462 e. The van der Waals surface area contributed by atoms with Crippen molar-refractivity contribution in [3.05, 3.63) is 12.2 Å². The van der Waals surface area contributed by atoms with Crippen LogP contribution in [0.25, 0.3) is 0 Å². The Kier molecular flexibility index (Phi) is 51.2. The summed E-state index contributed by atoms with van der Waals surface area (Å²) < 4.78 is 16.9. The van der Waals surface area contributed by atoms with E-state index in [1.54, 1.807) is 0 Å². The molecule has 0 spiro atoms. The van der Waals surface area contributed by atoms with E-state index in [0.29, 0.717) is 19.3 Å². The lowest BCUT2D eigenvalue weighted by atomic mass is 10.0. The predicted molar refractivity (Wildman–Crippen MR) is 270 cm³/mol. The Morgan fingerprint density at radius 2 is 0.524 bits per heavy atom. The first-order chi connectivity index (χ1) is 31.0. The number of hydrogen-bond acceptors (Lipinski definition) is 6. The van der Waals surface area contributed by atoms with E-state index in [9.17, 15) is 14.4 Å². The Hall–Kier alpha value is -1.85. The molecule has 1 atom stereocenters. The SMILES string of the molecule is CCCCCCCC/C=C\CCCCCCCCCCCC(=O)OCC(COC(=O)CCCCCCCCCCCCCC)OC(=O)CCCCCCCCCCCCCCCC. The molecule has 0 aromatic heterocycles. The number of esters is 3. The number of hydrogen-bond donors (Lipinski definition) is 0. The van der Waals surface area contributed by atoms with Gasteiger partial charge in [-0.05, 0) is 44.9 Å². The quantitative estimate of drug-likeness (QED) is 0.0262. The third kappa shape index (κ3) is 51.0. The summed E-state index contributed by atoms with van der Waals surface area (Å²) in [6.07, 6.45) is 59.1. The van der Waals surface area contributed by atoms with Gasteiger partial charge in [-0.25, -0.2) is 0 Å². The Balaban J connectivity index is 4.28. The monoisotopic (exact) mass is 889 g/mol. The van der Waals surface area contributed by atoms with Crippen molar-refractivity contribution in [2.45, 2.75) is 322 Å². The zero-order valence-electron chi connectivity index (χ0n) is 42.6. The van der Waals surface area contributed by atoms with E-state index in [1.807, 2.05) is 0 Å². The van der Waals surface area contributed by atoms with Gasteiger partial charge in [0.05, 0.1) is 0 Å². The van der Waals surface area contributed by atoms with Crippen LogP contribution in [0.1, 0.15) is 316 Å². The second-order valence-corrected chi connectivity index (χ2v) is 19.2. The molecule has 0 aliphatic rings. The van der Waals surface area contributed by atoms with Crippen LogP contribution in [0.2, 0.25) is 0 Å². The van der Waals surface area contributed by atoms with Crippen LogP contribution in [0, 0.1) is 0 Å². The van der Waals surface area contributed by atoms with Gasteiger partial charge in [-0.1, -0.05) is 264 Å². The molecule has 6 nitrogen and oxygen atoms in total. The van der Waals surface area contributed by atoms with Crippen LogP contribution < -0.4 is 0 Å². The molecule has 63 heavy (non-hydrogen) atoms. The van der Waals surface area contributed by atoms with Crippen molar-refractivity contribution in [2.24, 2.45) is 0 Å². The van der Waals surface area contributed by atoms with Crippen molar-refractivity contribution < 1.29 is 28.6 Å². The van der Waals surface area contributed by atoms with Crippen molar-refractivity contribution in [3.8, 4) is 0 Å². The molecule has 1 unspecified atom stereocenters. The van der Waals surface area contributed by atoms with Gasteiger partial charge in [0.15, 0.2) is 6.10 Å². The minimum absolute atomic E-state index is 0.0647. The topological polar surface area (TPSA) is 78.9 Å². The molecule has 0 radical (unpaired) electrons. The van der Waals surface area contributed by atoms with E-state index in [0.717, 1.165) is 57.8 Å². The number of carbonyl (C=O) groups excluding carboxylic acids is 3. The van der Waals surface area contributed by atoms with Gasteiger partial charge in [-0.2, -0.15) is 0 Å². The van der Waals surface area contributed by atoms with E-state index in [4.69, 9.17) is 14.2 Å². The molecule has 0 heterocycles. The summed E-state index contributed by atoms with van der Waals surface area (Å²) in [6.45, 7) is 6.68. The fourth-order valence-corrected chi connectivity index (χ4v) is 8.50. The highest BCUT2D eigenvalue weighted by atomic mass is 16.6. The number of rotatable bonds is 52. The molecule has 372 valence electrons. The molecule has 6 heteroatoms. The maximum absolute atomic E-state index is 12.8. The number of carbonyl (C=O) groups is 3. The summed E-state index contributed by atoms with van der Waals surface area (Å²) in [4.78, 5) is 38.0. The fourth-order valence-electron chi connectivity index (χ4n) is 8.50. The third-order valence-corrected chi connectivity index (χ3v) is 12.8. The van der Waals surface area contributed by atoms with Crippen molar-refractivity contribution in [2.75, 3.05) is 13.2 Å². The summed E-state index contributed by atoms with van der Waals surface area (Å²) in [7, 11) is 0. The zero-order chi connectivity index (χ0) is 45.8. The van der Waals surface area contributed by atoms with Crippen LogP contribution >= 0.6 is 0 Å². The Bertz CT molecular complexity index is 978. The molecule has 0 amide bonds. The minimum atomic E-state index is -0.764. The first-order valence-electron chi connectivity index (χ1n) is 28.2. The van der Waals surface area contributed by atoms with Gasteiger partial charge in [-0.3, -0.25) is 14.4 Å². The van der Waals surface area contributed by atoms with Gasteiger partial charge in [0, 0.05) is 19.3 Å². The summed E-state index contributed by atoms with van der Waals surface area (Å²) in [5, 5.41) is 0.